The Bertz CT molecular complexity index is 412. The maximum Gasteiger partial charge on any atom is 0.283 e. The molecule has 0 saturated carbocycles. The van der Waals surface area contributed by atoms with E-state index < -0.39 is 0 Å². The molecule has 0 N–H and O–H groups in total. The van der Waals surface area contributed by atoms with Crippen LogP contribution in [0.4, 0.5) is 5.69 Å². The highest BCUT2D eigenvalue weighted by molar-refractivity contribution is 9.10. The second-order valence-electron chi connectivity index (χ2n) is 4.09. The summed E-state index contributed by atoms with van der Waals surface area (Å²) in [5, 5.41) is 10.8. The summed E-state index contributed by atoms with van der Waals surface area (Å²) in [5.41, 5.74) is 1.03. The minimum atomic E-state index is -0.376. The van der Waals surface area contributed by atoms with Gasteiger partial charge in [-0.1, -0.05) is 12.1 Å². The van der Waals surface area contributed by atoms with Crippen molar-refractivity contribution in [3.05, 3.63) is 38.3 Å². The molecule has 0 atom stereocenters. The van der Waals surface area contributed by atoms with Crippen molar-refractivity contribution in [2.45, 2.75) is 13.0 Å². The molecule has 0 radical (unpaired) electrons. The van der Waals surface area contributed by atoms with Crippen molar-refractivity contribution in [3.63, 3.8) is 0 Å². The van der Waals surface area contributed by atoms with Crippen LogP contribution in [0, 0.1) is 10.1 Å². The summed E-state index contributed by atoms with van der Waals surface area (Å²) in [6, 6.07) is 5.10. The summed E-state index contributed by atoms with van der Waals surface area (Å²) in [7, 11) is 3.66. The summed E-state index contributed by atoms with van der Waals surface area (Å²) in [6.07, 6.45) is 0.944. The van der Waals surface area contributed by atoms with Crippen LogP contribution in [-0.4, -0.2) is 37.1 Å². The minimum Gasteiger partial charge on any atom is -0.385 e. The van der Waals surface area contributed by atoms with Gasteiger partial charge < -0.3 is 9.64 Å². The molecule has 0 aromatic heterocycles. The predicted molar refractivity (Wildman–Crippen MR) is 73.6 cm³/mol. The predicted octanol–water partition coefficient (Wildman–Crippen LogP) is 2.83. The van der Waals surface area contributed by atoms with Crippen LogP contribution >= 0.6 is 15.9 Å². The van der Waals surface area contributed by atoms with Crippen molar-refractivity contribution in [2.75, 3.05) is 27.3 Å². The first-order valence-electron chi connectivity index (χ1n) is 5.65. The molecule has 0 bridgehead atoms. The van der Waals surface area contributed by atoms with E-state index in [0.717, 1.165) is 25.1 Å². The quantitative estimate of drug-likeness (QED) is 0.441. The third-order valence-corrected chi connectivity index (χ3v) is 3.50. The van der Waals surface area contributed by atoms with Crippen LogP contribution < -0.4 is 0 Å². The monoisotopic (exact) mass is 316 g/mol. The average molecular weight is 317 g/mol. The van der Waals surface area contributed by atoms with E-state index in [9.17, 15) is 10.1 Å². The maximum absolute atomic E-state index is 10.8. The van der Waals surface area contributed by atoms with Crippen molar-refractivity contribution < 1.29 is 9.66 Å². The summed E-state index contributed by atoms with van der Waals surface area (Å²) in [6.45, 7) is 2.29. The van der Waals surface area contributed by atoms with Gasteiger partial charge in [0.2, 0.25) is 0 Å². The molecule has 0 heterocycles. The fourth-order valence-electron chi connectivity index (χ4n) is 1.68. The summed E-state index contributed by atoms with van der Waals surface area (Å²) >= 11 is 3.30. The Morgan fingerprint density at radius 2 is 2.22 bits per heavy atom. The number of ether oxygens (including phenoxy) is 1. The smallest absolute Gasteiger partial charge is 0.283 e. The lowest BCUT2D eigenvalue weighted by Crippen LogP contribution is -2.20. The number of halogens is 1. The van der Waals surface area contributed by atoms with E-state index in [1.165, 1.54) is 6.07 Å². The lowest BCUT2D eigenvalue weighted by Gasteiger charge is -2.17. The Hall–Kier alpha value is -0.980. The number of nitro benzene ring substituents is 1. The zero-order valence-corrected chi connectivity index (χ0v) is 12.1. The topological polar surface area (TPSA) is 55.6 Å². The highest BCUT2D eigenvalue weighted by Crippen LogP contribution is 2.28. The molecule has 0 unspecified atom stereocenters. The fraction of sp³-hybridized carbons (Fsp3) is 0.500. The number of rotatable bonds is 7. The van der Waals surface area contributed by atoms with E-state index >= 15 is 0 Å². The third kappa shape index (κ3) is 4.36. The van der Waals surface area contributed by atoms with Gasteiger partial charge in [-0.25, -0.2) is 0 Å². The standard InChI is InChI=1S/C12H17BrN2O3/c1-14(7-4-8-18-2)9-10-5-3-6-11(12(10)13)15(16)17/h3,5-6H,4,7-9H2,1-2H3. The van der Waals surface area contributed by atoms with Crippen LogP contribution in [0.2, 0.25) is 0 Å². The fourth-order valence-corrected chi connectivity index (χ4v) is 2.21. The number of methoxy groups -OCH3 is 1. The molecule has 1 aromatic carbocycles. The molecule has 0 fully saturated rings. The maximum atomic E-state index is 10.8. The van der Waals surface area contributed by atoms with E-state index in [0.29, 0.717) is 11.0 Å². The lowest BCUT2D eigenvalue weighted by atomic mass is 10.2. The third-order valence-electron chi connectivity index (χ3n) is 2.58. The van der Waals surface area contributed by atoms with Crippen LogP contribution in [0.15, 0.2) is 22.7 Å². The molecule has 6 heteroatoms. The van der Waals surface area contributed by atoms with Crippen LogP contribution in [0.1, 0.15) is 12.0 Å². The van der Waals surface area contributed by atoms with Gasteiger partial charge in [-0.3, -0.25) is 10.1 Å². The van der Waals surface area contributed by atoms with Crippen LogP contribution in [0.25, 0.3) is 0 Å². The van der Waals surface area contributed by atoms with Gasteiger partial charge in [0, 0.05) is 32.9 Å². The Labute approximate surface area is 115 Å². The number of benzene rings is 1. The van der Waals surface area contributed by atoms with Gasteiger partial charge >= 0.3 is 0 Å². The molecule has 0 spiro atoms. The van der Waals surface area contributed by atoms with Gasteiger partial charge in [-0.05, 0) is 35.0 Å². The summed E-state index contributed by atoms with van der Waals surface area (Å²) < 4.78 is 5.56. The average Bonchev–Trinajstić information content (AvgIpc) is 2.32. The first-order chi connectivity index (χ1) is 8.56. The first-order valence-corrected chi connectivity index (χ1v) is 6.44. The van der Waals surface area contributed by atoms with Crippen LogP contribution in [-0.2, 0) is 11.3 Å². The second kappa shape index (κ2) is 7.45. The van der Waals surface area contributed by atoms with Crippen LogP contribution in [0.5, 0.6) is 0 Å². The molecule has 1 rings (SSSR count). The molecule has 100 valence electrons. The Morgan fingerprint density at radius 3 is 2.83 bits per heavy atom. The number of nitro groups is 1. The SMILES string of the molecule is COCCCN(C)Cc1cccc([N+](=O)[O-])c1Br. The zero-order chi connectivity index (χ0) is 13.5. The molecule has 18 heavy (non-hydrogen) atoms. The van der Waals surface area contributed by atoms with Gasteiger partial charge in [-0.2, -0.15) is 0 Å². The Morgan fingerprint density at radius 1 is 1.50 bits per heavy atom. The normalized spacial score (nSPS) is 10.9. The van der Waals surface area contributed by atoms with Crippen molar-refractivity contribution in [3.8, 4) is 0 Å². The highest BCUT2D eigenvalue weighted by Gasteiger charge is 2.15. The van der Waals surface area contributed by atoms with Crippen molar-refractivity contribution in [1.29, 1.82) is 0 Å². The Balaban J connectivity index is 2.67. The zero-order valence-electron chi connectivity index (χ0n) is 10.6. The van der Waals surface area contributed by atoms with Gasteiger partial charge in [0.05, 0.1) is 9.40 Å². The first kappa shape index (κ1) is 15.1. The molecule has 0 saturated heterocycles. The summed E-state index contributed by atoms with van der Waals surface area (Å²) in [4.78, 5) is 12.6. The van der Waals surface area contributed by atoms with E-state index in [-0.39, 0.29) is 10.6 Å². The van der Waals surface area contributed by atoms with Gasteiger partial charge in [0.1, 0.15) is 0 Å². The van der Waals surface area contributed by atoms with E-state index in [1.807, 2.05) is 13.1 Å². The number of nitrogens with zero attached hydrogens (tertiary/aromatic N) is 2. The van der Waals surface area contributed by atoms with Crippen molar-refractivity contribution >= 4 is 21.6 Å². The Kier molecular flexibility index (Phi) is 6.24. The van der Waals surface area contributed by atoms with Crippen molar-refractivity contribution in [2.24, 2.45) is 0 Å². The van der Waals surface area contributed by atoms with E-state index in [2.05, 4.69) is 20.8 Å². The molecule has 5 nitrogen and oxygen atoms in total. The van der Waals surface area contributed by atoms with E-state index in [1.54, 1.807) is 13.2 Å². The lowest BCUT2D eigenvalue weighted by molar-refractivity contribution is -0.385. The molecule has 0 amide bonds. The molecule has 1 aromatic rings. The highest BCUT2D eigenvalue weighted by atomic mass is 79.9. The largest absolute Gasteiger partial charge is 0.385 e. The second-order valence-corrected chi connectivity index (χ2v) is 4.88. The van der Waals surface area contributed by atoms with Crippen molar-refractivity contribution in [1.82, 2.24) is 4.90 Å². The van der Waals surface area contributed by atoms with Gasteiger partial charge in [0.15, 0.2) is 0 Å². The minimum absolute atomic E-state index is 0.109. The number of hydrogen-bond acceptors (Lipinski definition) is 4. The summed E-state index contributed by atoms with van der Waals surface area (Å²) in [5.74, 6) is 0. The van der Waals surface area contributed by atoms with Gasteiger partial charge in [-0.15, -0.1) is 0 Å². The molecule has 0 aliphatic rings. The van der Waals surface area contributed by atoms with E-state index in [4.69, 9.17) is 4.74 Å². The molecular formula is C12H17BrN2O3. The molecular weight excluding hydrogens is 300 g/mol. The molecule has 0 aliphatic heterocycles. The van der Waals surface area contributed by atoms with Crippen LogP contribution in [0.3, 0.4) is 0 Å². The number of hydrogen-bond donors (Lipinski definition) is 0. The van der Waals surface area contributed by atoms with Gasteiger partial charge in [0.25, 0.3) is 5.69 Å². The molecule has 0 aliphatic carbocycles.